The number of nitrogens with zero attached hydrogens (tertiary/aromatic N) is 2. The minimum atomic E-state index is -0.262. The van der Waals surface area contributed by atoms with Crippen LogP contribution in [0, 0.1) is 11.7 Å². The summed E-state index contributed by atoms with van der Waals surface area (Å²) in [5.74, 6) is 0.175. The molecular formula is C19H18BrFN2O3. The summed E-state index contributed by atoms with van der Waals surface area (Å²) < 4.78 is 18.9. The summed E-state index contributed by atoms with van der Waals surface area (Å²) >= 11 is 3.19. The molecule has 5 nitrogen and oxygen atoms in total. The molecule has 1 saturated carbocycles. The van der Waals surface area contributed by atoms with Crippen LogP contribution in [0.5, 0.6) is 0 Å². The highest BCUT2D eigenvalue weighted by Crippen LogP contribution is 2.48. The third-order valence-corrected chi connectivity index (χ3v) is 5.49. The lowest BCUT2D eigenvalue weighted by Gasteiger charge is -2.34. The van der Waals surface area contributed by atoms with Gasteiger partial charge in [-0.15, -0.1) is 0 Å². The maximum Gasteiger partial charge on any atom is 0.289 e. The van der Waals surface area contributed by atoms with Crippen molar-refractivity contribution < 1.29 is 18.4 Å². The molecule has 2 heterocycles. The minimum absolute atomic E-state index is 0.0243. The van der Waals surface area contributed by atoms with E-state index in [0.29, 0.717) is 36.6 Å². The van der Waals surface area contributed by atoms with Gasteiger partial charge in [-0.3, -0.25) is 9.59 Å². The van der Waals surface area contributed by atoms with Gasteiger partial charge in [-0.25, -0.2) is 4.39 Å². The fraction of sp³-hybridized carbons (Fsp3) is 0.368. The zero-order valence-electron chi connectivity index (χ0n) is 14.0. The smallest absolute Gasteiger partial charge is 0.289 e. The van der Waals surface area contributed by atoms with Crippen LogP contribution in [-0.4, -0.2) is 47.8 Å². The van der Waals surface area contributed by atoms with Crippen molar-refractivity contribution in [3.8, 4) is 0 Å². The van der Waals surface area contributed by atoms with E-state index in [2.05, 4.69) is 15.9 Å². The Balaban J connectivity index is 1.31. The van der Waals surface area contributed by atoms with E-state index in [1.165, 1.54) is 12.1 Å². The maximum absolute atomic E-state index is 13.0. The predicted octanol–water partition coefficient (Wildman–Crippen LogP) is 3.27. The van der Waals surface area contributed by atoms with Crippen LogP contribution < -0.4 is 0 Å². The first-order chi connectivity index (χ1) is 12.5. The molecule has 0 radical (unpaired) electrons. The lowest BCUT2D eigenvalue weighted by Crippen LogP contribution is -2.51. The zero-order chi connectivity index (χ0) is 18.3. The molecule has 0 N–H and O–H groups in total. The molecule has 4 rings (SSSR count). The van der Waals surface area contributed by atoms with Crippen molar-refractivity contribution in [1.29, 1.82) is 0 Å². The molecular weight excluding hydrogens is 403 g/mol. The first kappa shape index (κ1) is 17.3. The molecule has 7 heteroatoms. The summed E-state index contributed by atoms with van der Waals surface area (Å²) in [6.45, 7) is 2.05. The lowest BCUT2D eigenvalue weighted by molar-refractivity contribution is -0.134. The van der Waals surface area contributed by atoms with E-state index in [0.717, 1.165) is 12.0 Å². The number of carbonyl (C=O) groups is 2. The number of piperazine rings is 1. The Morgan fingerprint density at radius 2 is 1.65 bits per heavy atom. The lowest BCUT2D eigenvalue weighted by atomic mass is 10.1. The quantitative estimate of drug-likeness (QED) is 0.765. The normalized spacial score (nSPS) is 22.4. The summed E-state index contributed by atoms with van der Waals surface area (Å²) in [6.07, 6.45) is 0.810. The van der Waals surface area contributed by atoms with Crippen molar-refractivity contribution in [3.05, 3.63) is 58.2 Å². The number of hydrogen-bond donors (Lipinski definition) is 0. The SMILES string of the molecule is O=C(c1ccc(Br)o1)N1CCN(C(=O)C2CC2c2ccc(F)cc2)CC1. The van der Waals surface area contributed by atoms with Gasteiger partial charge in [0, 0.05) is 32.1 Å². The Morgan fingerprint density at radius 3 is 2.27 bits per heavy atom. The van der Waals surface area contributed by atoms with Crippen LogP contribution in [0.4, 0.5) is 4.39 Å². The summed E-state index contributed by atoms with van der Waals surface area (Å²) in [4.78, 5) is 28.6. The van der Waals surface area contributed by atoms with Crippen molar-refractivity contribution in [2.24, 2.45) is 5.92 Å². The Hall–Kier alpha value is -2.15. The molecule has 0 bridgehead atoms. The predicted molar refractivity (Wildman–Crippen MR) is 96.1 cm³/mol. The first-order valence-corrected chi connectivity index (χ1v) is 9.41. The Labute approximate surface area is 158 Å². The highest BCUT2D eigenvalue weighted by atomic mass is 79.9. The van der Waals surface area contributed by atoms with Crippen LogP contribution in [0.2, 0.25) is 0 Å². The fourth-order valence-electron chi connectivity index (χ4n) is 3.50. The van der Waals surface area contributed by atoms with Gasteiger partial charge in [0.15, 0.2) is 10.4 Å². The van der Waals surface area contributed by atoms with Crippen LogP contribution in [0.15, 0.2) is 45.5 Å². The van der Waals surface area contributed by atoms with Crippen LogP contribution in [0.1, 0.15) is 28.5 Å². The van der Waals surface area contributed by atoms with Gasteiger partial charge >= 0.3 is 0 Å². The van der Waals surface area contributed by atoms with Gasteiger partial charge in [0.05, 0.1) is 0 Å². The molecule has 2 atom stereocenters. The van der Waals surface area contributed by atoms with Gasteiger partial charge < -0.3 is 14.2 Å². The van der Waals surface area contributed by atoms with Crippen LogP contribution in [0.25, 0.3) is 0 Å². The number of furan rings is 1. The van der Waals surface area contributed by atoms with Gasteiger partial charge in [0.1, 0.15) is 5.82 Å². The van der Waals surface area contributed by atoms with Crippen molar-refractivity contribution in [2.45, 2.75) is 12.3 Å². The summed E-state index contributed by atoms with van der Waals surface area (Å²) in [5, 5.41) is 0. The van der Waals surface area contributed by atoms with Crippen LogP contribution in [0.3, 0.4) is 0 Å². The number of carbonyl (C=O) groups excluding carboxylic acids is 2. The van der Waals surface area contributed by atoms with Crippen molar-refractivity contribution in [3.63, 3.8) is 0 Å². The average molecular weight is 421 g/mol. The molecule has 2 fully saturated rings. The van der Waals surface area contributed by atoms with Crippen molar-refractivity contribution >= 4 is 27.7 Å². The molecule has 2 amide bonds. The van der Waals surface area contributed by atoms with E-state index in [4.69, 9.17) is 4.42 Å². The first-order valence-electron chi connectivity index (χ1n) is 8.62. The Kier molecular flexibility index (Phi) is 4.56. The number of amides is 2. The topological polar surface area (TPSA) is 53.8 Å². The van der Waals surface area contributed by atoms with E-state index in [1.807, 2.05) is 4.90 Å². The molecule has 1 aliphatic carbocycles. The molecule has 0 spiro atoms. The van der Waals surface area contributed by atoms with Gasteiger partial charge in [-0.1, -0.05) is 12.1 Å². The van der Waals surface area contributed by atoms with Gasteiger partial charge in [-0.05, 0) is 58.1 Å². The molecule has 1 aromatic carbocycles. The third kappa shape index (κ3) is 3.40. The van der Waals surface area contributed by atoms with Crippen molar-refractivity contribution in [2.75, 3.05) is 26.2 Å². The second-order valence-corrected chi connectivity index (χ2v) is 7.50. The molecule has 2 unspecified atom stereocenters. The molecule has 1 saturated heterocycles. The highest BCUT2D eigenvalue weighted by Gasteiger charge is 2.46. The third-order valence-electron chi connectivity index (χ3n) is 5.07. The molecule has 2 aliphatic rings. The Bertz CT molecular complexity index is 828. The van der Waals surface area contributed by atoms with Gasteiger partial charge in [0.2, 0.25) is 5.91 Å². The van der Waals surface area contributed by atoms with E-state index >= 15 is 0 Å². The number of halogens is 2. The van der Waals surface area contributed by atoms with E-state index < -0.39 is 0 Å². The van der Waals surface area contributed by atoms with Crippen LogP contribution >= 0.6 is 15.9 Å². The fourth-order valence-corrected chi connectivity index (χ4v) is 3.80. The van der Waals surface area contributed by atoms with E-state index in [1.54, 1.807) is 29.2 Å². The molecule has 1 aliphatic heterocycles. The van der Waals surface area contributed by atoms with E-state index in [-0.39, 0.29) is 29.5 Å². The van der Waals surface area contributed by atoms with Gasteiger partial charge in [0.25, 0.3) is 5.91 Å². The Morgan fingerprint density at radius 1 is 1.00 bits per heavy atom. The standard InChI is InChI=1S/C19H18BrFN2O3/c20-17-6-5-16(26-17)19(25)23-9-7-22(8-10-23)18(24)15-11-14(15)12-1-3-13(21)4-2-12/h1-6,14-15H,7-11H2. The molecule has 26 heavy (non-hydrogen) atoms. The summed E-state index contributed by atoms with van der Waals surface area (Å²) in [7, 11) is 0. The molecule has 1 aromatic heterocycles. The molecule has 136 valence electrons. The second kappa shape index (κ2) is 6.87. The number of rotatable bonds is 3. The van der Waals surface area contributed by atoms with E-state index in [9.17, 15) is 14.0 Å². The summed E-state index contributed by atoms with van der Waals surface area (Å²) in [6, 6.07) is 9.72. The molecule has 2 aromatic rings. The second-order valence-electron chi connectivity index (χ2n) is 6.72. The number of hydrogen-bond acceptors (Lipinski definition) is 3. The minimum Gasteiger partial charge on any atom is -0.444 e. The largest absolute Gasteiger partial charge is 0.444 e. The maximum atomic E-state index is 13.0. The monoisotopic (exact) mass is 420 g/mol. The van der Waals surface area contributed by atoms with Crippen molar-refractivity contribution in [1.82, 2.24) is 9.80 Å². The zero-order valence-corrected chi connectivity index (χ0v) is 15.6. The van der Waals surface area contributed by atoms with Gasteiger partial charge in [-0.2, -0.15) is 0 Å². The average Bonchev–Trinajstić information content (AvgIpc) is 3.34. The van der Waals surface area contributed by atoms with Crippen LogP contribution in [-0.2, 0) is 4.79 Å². The number of benzene rings is 1. The highest BCUT2D eigenvalue weighted by molar-refractivity contribution is 9.10. The summed E-state index contributed by atoms with van der Waals surface area (Å²) in [5.41, 5.74) is 1.02.